The Morgan fingerprint density at radius 3 is 2.83 bits per heavy atom. The van der Waals surface area contributed by atoms with Gasteiger partial charge in [-0.15, -0.1) is 0 Å². The van der Waals surface area contributed by atoms with Crippen molar-refractivity contribution >= 4 is 23.2 Å². The molecule has 0 aliphatic rings. The molecule has 0 atom stereocenters. The number of nitrogens with one attached hydrogen (secondary N) is 1. The molecule has 2 aromatic rings. The third-order valence-electron chi connectivity index (χ3n) is 2.20. The molecule has 1 heterocycles. The van der Waals surface area contributed by atoms with Crippen LogP contribution < -0.4 is 16.0 Å². The molecule has 1 aromatic carbocycles. The summed E-state index contributed by atoms with van der Waals surface area (Å²) < 4.78 is 5.38. The van der Waals surface area contributed by atoms with Gasteiger partial charge in [0.1, 0.15) is 5.75 Å². The van der Waals surface area contributed by atoms with Gasteiger partial charge in [-0.1, -0.05) is 29.3 Å². The second-order valence-corrected chi connectivity index (χ2v) is 4.21. The predicted octanol–water partition coefficient (Wildman–Crippen LogP) is 2.33. The molecule has 0 saturated heterocycles. The molecule has 18 heavy (non-hydrogen) atoms. The number of aromatic amines is 1. The van der Waals surface area contributed by atoms with Gasteiger partial charge in [-0.2, -0.15) is 0 Å². The average Bonchev–Trinajstić information content (AvgIpc) is 2.37. The standard InChI is InChI=1S/C11H9Cl2N3O2/c12-7-3-6(4-14)1-2-8(7)18-11-9(13)10(17)15-5-16-11/h1-3,5H,4,14H2,(H,15,16,17). The predicted molar refractivity (Wildman–Crippen MR) is 69.3 cm³/mol. The summed E-state index contributed by atoms with van der Waals surface area (Å²) in [4.78, 5) is 17.4. The SMILES string of the molecule is NCc1ccc(Oc2nc[nH]c(=O)c2Cl)c(Cl)c1. The number of benzene rings is 1. The maximum absolute atomic E-state index is 11.3. The van der Waals surface area contributed by atoms with E-state index in [2.05, 4.69) is 9.97 Å². The molecule has 1 aromatic heterocycles. The van der Waals surface area contributed by atoms with Gasteiger partial charge in [0.05, 0.1) is 11.3 Å². The van der Waals surface area contributed by atoms with Crippen LogP contribution in [0.15, 0.2) is 29.3 Å². The van der Waals surface area contributed by atoms with Crippen molar-refractivity contribution in [1.82, 2.24) is 9.97 Å². The van der Waals surface area contributed by atoms with Crippen LogP contribution in [0, 0.1) is 0 Å². The quantitative estimate of drug-likeness (QED) is 0.907. The molecule has 0 amide bonds. The van der Waals surface area contributed by atoms with Crippen LogP contribution in [0.2, 0.25) is 10.0 Å². The number of nitrogens with two attached hydrogens (primary N) is 1. The van der Waals surface area contributed by atoms with Crippen molar-refractivity contribution in [1.29, 1.82) is 0 Å². The van der Waals surface area contributed by atoms with Gasteiger partial charge >= 0.3 is 0 Å². The van der Waals surface area contributed by atoms with Crippen molar-refractivity contribution in [2.75, 3.05) is 0 Å². The molecule has 0 bridgehead atoms. The van der Waals surface area contributed by atoms with Crippen molar-refractivity contribution in [3.05, 3.63) is 50.5 Å². The van der Waals surface area contributed by atoms with Gasteiger partial charge in [-0.25, -0.2) is 4.98 Å². The molecule has 3 N–H and O–H groups in total. The number of ether oxygens (including phenoxy) is 1. The van der Waals surface area contributed by atoms with E-state index in [0.717, 1.165) is 5.56 Å². The van der Waals surface area contributed by atoms with Crippen LogP contribution in [-0.4, -0.2) is 9.97 Å². The number of hydrogen-bond donors (Lipinski definition) is 2. The molecular formula is C11H9Cl2N3O2. The second kappa shape index (κ2) is 5.39. The average molecular weight is 286 g/mol. The maximum Gasteiger partial charge on any atom is 0.273 e. The maximum atomic E-state index is 11.3. The van der Waals surface area contributed by atoms with E-state index in [-0.39, 0.29) is 10.9 Å². The highest BCUT2D eigenvalue weighted by atomic mass is 35.5. The Bertz CT molecular complexity index is 628. The molecule has 0 fully saturated rings. The molecule has 0 saturated carbocycles. The molecule has 2 rings (SSSR count). The lowest BCUT2D eigenvalue weighted by atomic mass is 10.2. The van der Waals surface area contributed by atoms with Gasteiger partial charge in [0.15, 0.2) is 5.02 Å². The Kier molecular flexibility index (Phi) is 3.86. The molecule has 0 unspecified atom stereocenters. The molecule has 0 aliphatic heterocycles. The van der Waals surface area contributed by atoms with Crippen LogP contribution in [0.1, 0.15) is 5.56 Å². The summed E-state index contributed by atoms with van der Waals surface area (Å²) >= 11 is 11.8. The first kappa shape index (κ1) is 12.9. The third kappa shape index (κ3) is 2.64. The van der Waals surface area contributed by atoms with Crippen molar-refractivity contribution in [3.8, 4) is 11.6 Å². The summed E-state index contributed by atoms with van der Waals surface area (Å²) in [7, 11) is 0. The fourth-order valence-corrected chi connectivity index (χ4v) is 1.68. The van der Waals surface area contributed by atoms with Crippen LogP contribution in [0.4, 0.5) is 0 Å². The number of halogens is 2. The minimum absolute atomic E-state index is 0.00261. The molecule has 0 spiro atoms. The lowest BCUT2D eigenvalue weighted by Gasteiger charge is -2.08. The third-order valence-corrected chi connectivity index (χ3v) is 2.83. The molecule has 0 radical (unpaired) electrons. The highest BCUT2D eigenvalue weighted by Gasteiger charge is 2.10. The van der Waals surface area contributed by atoms with E-state index >= 15 is 0 Å². The molecular weight excluding hydrogens is 277 g/mol. The highest BCUT2D eigenvalue weighted by molar-refractivity contribution is 6.32. The first-order valence-electron chi connectivity index (χ1n) is 5.01. The Morgan fingerprint density at radius 2 is 2.17 bits per heavy atom. The summed E-state index contributed by atoms with van der Waals surface area (Å²) in [6, 6.07) is 5.09. The van der Waals surface area contributed by atoms with Crippen LogP contribution in [0.5, 0.6) is 11.6 Å². The van der Waals surface area contributed by atoms with E-state index in [1.807, 2.05) is 0 Å². The lowest BCUT2D eigenvalue weighted by Crippen LogP contribution is -2.08. The topological polar surface area (TPSA) is 81.0 Å². The van der Waals surface area contributed by atoms with Gasteiger partial charge in [-0.05, 0) is 17.7 Å². The number of aromatic nitrogens is 2. The van der Waals surface area contributed by atoms with E-state index < -0.39 is 5.56 Å². The monoisotopic (exact) mass is 285 g/mol. The normalized spacial score (nSPS) is 10.4. The Morgan fingerprint density at radius 1 is 1.39 bits per heavy atom. The summed E-state index contributed by atoms with van der Waals surface area (Å²) in [6.45, 7) is 0.379. The van der Waals surface area contributed by atoms with Crippen LogP contribution in [-0.2, 0) is 6.54 Å². The number of rotatable bonds is 3. The number of nitrogens with zero attached hydrogens (tertiary/aromatic N) is 1. The largest absolute Gasteiger partial charge is 0.436 e. The lowest BCUT2D eigenvalue weighted by molar-refractivity contribution is 0.461. The zero-order valence-electron chi connectivity index (χ0n) is 9.11. The van der Waals surface area contributed by atoms with Crippen molar-refractivity contribution in [2.45, 2.75) is 6.54 Å². The Hall–Kier alpha value is -1.56. The van der Waals surface area contributed by atoms with E-state index in [1.54, 1.807) is 18.2 Å². The van der Waals surface area contributed by atoms with Gasteiger partial charge in [0.2, 0.25) is 5.88 Å². The fourth-order valence-electron chi connectivity index (χ4n) is 1.30. The fraction of sp³-hybridized carbons (Fsp3) is 0.0909. The van der Waals surface area contributed by atoms with Crippen molar-refractivity contribution < 1.29 is 4.74 Å². The van der Waals surface area contributed by atoms with Crippen LogP contribution in [0.3, 0.4) is 0 Å². The summed E-state index contributed by atoms with van der Waals surface area (Å²) in [5.41, 5.74) is 5.88. The van der Waals surface area contributed by atoms with E-state index in [0.29, 0.717) is 17.3 Å². The van der Waals surface area contributed by atoms with Crippen LogP contribution >= 0.6 is 23.2 Å². The Labute approximate surface area is 113 Å². The van der Waals surface area contributed by atoms with Gasteiger partial charge in [0, 0.05) is 6.54 Å². The second-order valence-electron chi connectivity index (χ2n) is 3.42. The van der Waals surface area contributed by atoms with Crippen molar-refractivity contribution in [2.24, 2.45) is 5.73 Å². The first-order chi connectivity index (χ1) is 8.61. The highest BCUT2D eigenvalue weighted by Crippen LogP contribution is 2.30. The molecule has 5 nitrogen and oxygen atoms in total. The van der Waals surface area contributed by atoms with Crippen LogP contribution in [0.25, 0.3) is 0 Å². The summed E-state index contributed by atoms with van der Waals surface area (Å²) in [6.07, 6.45) is 1.20. The van der Waals surface area contributed by atoms with Gasteiger partial charge in [0.25, 0.3) is 5.56 Å². The minimum Gasteiger partial charge on any atom is -0.436 e. The zero-order valence-corrected chi connectivity index (χ0v) is 10.6. The van der Waals surface area contributed by atoms with Crippen molar-refractivity contribution in [3.63, 3.8) is 0 Å². The number of H-pyrrole nitrogens is 1. The summed E-state index contributed by atoms with van der Waals surface area (Å²) in [5, 5.41) is 0.243. The molecule has 0 aliphatic carbocycles. The first-order valence-corrected chi connectivity index (χ1v) is 5.77. The molecule has 94 valence electrons. The minimum atomic E-state index is -0.476. The summed E-state index contributed by atoms with van der Waals surface area (Å²) in [5.74, 6) is 0.358. The smallest absolute Gasteiger partial charge is 0.273 e. The van der Waals surface area contributed by atoms with Gasteiger partial charge in [-0.3, -0.25) is 4.79 Å². The van der Waals surface area contributed by atoms with Gasteiger partial charge < -0.3 is 15.5 Å². The van der Waals surface area contributed by atoms with E-state index in [1.165, 1.54) is 6.33 Å². The van der Waals surface area contributed by atoms with E-state index in [4.69, 9.17) is 33.7 Å². The van der Waals surface area contributed by atoms with E-state index in [9.17, 15) is 4.79 Å². The Balaban J connectivity index is 2.34. The number of hydrogen-bond acceptors (Lipinski definition) is 4. The zero-order chi connectivity index (χ0) is 13.1. The molecule has 7 heteroatoms.